The van der Waals surface area contributed by atoms with E-state index in [1.165, 1.54) is 11.3 Å². The van der Waals surface area contributed by atoms with E-state index >= 15 is 0 Å². The number of hydrogen-bond acceptors (Lipinski definition) is 4. The van der Waals surface area contributed by atoms with Crippen LogP contribution in [0, 0.1) is 5.92 Å². The highest BCUT2D eigenvalue weighted by atomic mass is 16.2. The first-order valence-corrected chi connectivity index (χ1v) is 10.5. The molecule has 2 N–H and O–H groups in total. The van der Waals surface area contributed by atoms with Crippen LogP contribution >= 0.6 is 0 Å². The molecule has 0 saturated carbocycles. The van der Waals surface area contributed by atoms with Gasteiger partial charge in [-0.25, -0.2) is 0 Å². The summed E-state index contributed by atoms with van der Waals surface area (Å²) in [6.07, 6.45) is 0.977. The number of rotatable bonds is 7. The molecule has 0 bridgehead atoms. The summed E-state index contributed by atoms with van der Waals surface area (Å²) in [5.41, 5.74) is 4.74. The lowest BCUT2D eigenvalue weighted by Crippen LogP contribution is -2.44. The zero-order chi connectivity index (χ0) is 21.7. The minimum absolute atomic E-state index is 0.0493. The van der Waals surface area contributed by atoms with Gasteiger partial charge in [0.1, 0.15) is 0 Å². The molecule has 30 heavy (non-hydrogen) atoms. The second-order valence-electron chi connectivity index (χ2n) is 8.39. The molecule has 0 spiro atoms. The second kappa shape index (κ2) is 9.65. The van der Waals surface area contributed by atoms with E-state index in [2.05, 4.69) is 62.9 Å². The van der Waals surface area contributed by atoms with Crippen molar-refractivity contribution in [1.82, 2.24) is 10.6 Å². The summed E-state index contributed by atoms with van der Waals surface area (Å²) in [5, 5.41) is 5.53. The zero-order valence-corrected chi connectivity index (χ0v) is 18.3. The van der Waals surface area contributed by atoms with Crippen molar-refractivity contribution in [3.05, 3.63) is 59.7 Å². The number of anilines is 2. The minimum atomic E-state index is -0.585. The summed E-state index contributed by atoms with van der Waals surface area (Å²) in [6.45, 7) is 5.73. The Bertz CT molecular complexity index is 877. The average molecular weight is 409 g/mol. The fourth-order valence-corrected chi connectivity index (χ4v) is 3.74. The monoisotopic (exact) mass is 408 g/mol. The standard InChI is InChI=1S/C24H32N4O2/c1-17(2)15-25-23(29)24(30)26-16-22(19-9-11-20(12-10-19)27(3)4)28-14-13-18-7-5-6-8-21(18)28/h5-12,17,22H,13-16H2,1-4H3,(H,25,29)(H,26,30)/t22-/m1/s1. The van der Waals surface area contributed by atoms with Gasteiger partial charge in [0.05, 0.1) is 6.04 Å². The van der Waals surface area contributed by atoms with E-state index in [-0.39, 0.29) is 6.04 Å². The molecule has 1 aliphatic rings. The van der Waals surface area contributed by atoms with Gasteiger partial charge in [-0.2, -0.15) is 0 Å². The number of fused-ring (bicyclic) bond motifs is 1. The number of carbonyl (C=O) groups is 2. The van der Waals surface area contributed by atoms with Gasteiger partial charge in [0, 0.05) is 45.1 Å². The number of benzene rings is 2. The number of para-hydroxylation sites is 1. The van der Waals surface area contributed by atoms with Crippen LogP contribution < -0.4 is 20.4 Å². The Morgan fingerprint density at radius 3 is 2.23 bits per heavy atom. The van der Waals surface area contributed by atoms with E-state index in [4.69, 9.17) is 0 Å². The van der Waals surface area contributed by atoms with Gasteiger partial charge >= 0.3 is 11.8 Å². The van der Waals surface area contributed by atoms with E-state index < -0.39 is 11.8 Å². The van der Waals surface area contributed by atoms with E-state index in [0.717, 1.165) is 24.2 Å². The van der Waals surface area contributed by atoms with Gasteiger partial charge in [0.25, 0.3) is 0 Å². The van der Waals surface area contributed by atoms with Crippen molar-refractivity contribution >= 4 is 23.2 Å². The lowest BCUT2D eigenvalue weighted by molar-refractivity contribution is -0.139. The summed E-state index contributed by atoms with van der Waals surface area (Å²) >= 11 is 0. The molecule has 1 atom stereocenters. The molecule has 6 nitrogen and oxygen atoms in total. The van der Waals surface area contributed by atoms with Crippen LogP contribution in [-0.2, 0) is 16.0 Å². The predicted molar refractivity (Wildman–Crippen MR) is 122 cm³/mol. The van der Waals surface area contributed by atoms with Gasteiger partial charge in [-0.15, -0.1) is 0 Å². The number of nitrogens with zero attached hydrogens (tertiary/aromatic N) is 2. The van der Waals surface area contributed by atoms with Gasteiger partial charge in [-0.1, -0.05) is 44.2 Å². The van der Waals surface area contributed by atoms with Crippen molar-refractivity contribution in [3.8, 4) is 0 Å². The maximum atomic E-state index is 12.3. The molecule has 0 aromatic heterocycles. The predicted octanol–water partition coefficient (Wildman–Crippen LogP) is 2.74. The van der Waals surface area contributed by atoms with E-state index in [1.54, 1.807) is 0 Å². The Hall–Kier alpha value is -3.02. The molecule has 0 aliphatic carbocycles. The van der Waals surface area contributed by atoms with Gasteiger partial charge in [0.15, 0.2) is 0 Å². The third-order valence-corrected chi connectivity index (χ3v) is 5.43. The van der Waals surface area contributed by atoms with Crippen LogP contribution in [0.4, 0.5) is 11.4 Å². The van der Waals surface area contributed by atoms with Crippen molar-refractivity contribution in [2.24, 2.45) is 5.92 Å². The van der Waals surface area contributed by atoms with Crippen LogP contribution in [0.3, 0.4) is 0 Å². The van der Waals surface area contributed by atoms with Gasteiger partial charge in [0.2, 0.25) is 0 Å². The summed E-state index contributed by atoms with van der Waals surface area (Å²) in [6, 6.07) is 16.7. The molecule has 3 rings (SSSR count). The molecule has 1 heterocycles. The van der Waals surface area contributed by atoms with E-state index in [9.17, 15) is 9.59 Å². The summed E-state index contributed by atoms with van der Waals surface area (Å²) in [4.78, 5) is 28.8. The fourth-order valence-electron chi connectivity index (χ4n) is 3.74. The first kappa shape index (κ1) is 21.7. The maximum Gasteiger partial charge on any atom is 0.309 e. The average Bonchev–Trinajstić information content (AvgIpc) is 3.16. The molecule has 1 aliphatic heterocycles. The number of nitrogens with one attached hydrogen (secondary N) is 2. The van der Waals surface area contributed by atoms with Crippen molar-refractivity contribution in [1.29, 1.82) is 0 Å². The first-order chi connectivity index (χ1) is 14.4. The topological polar surface area (TPSA) is 64.7 Å². The molecule has 0 radical (unpaired) electrons. The number of carbonyl (C=O) groups excluding carboxylic acids is 2. The molecule has 0 fully saturated rings. The Kier molecular flexibility index (Phi) is 6.98. The molecule has 2 aromatic rings. The first-order valence-electron chi connectivity index (χ1n) is 10.5. The van der Waals surface area contributed by atoms with Crippen LogP contribution in [0.5, 0.6) is 0 Å². The molecular weight excluding hydrogens is 376 g/mol. The Labute approximate surface area is 179 Å². The number of hydrogen-bond donors (Lipinski definition) is 2. The fraction of sp³-hybridized carbons (Fsp3) is 0.417. The maximum absolute atomic E-state index is 12.3. The third-order valence-electron chi connectivity index (χ3n) is 5.43. The smallest absolute Gasteiger partial charge is 0.309 e. The van der Waals surface area contributed by atoms with Crippen LogP contribution in [0.1, 0.15) is 31.0 Å². The lowest BCUT2D eigenvalue weighted by Gasteiger charge is -2.31. The molecule has 6 heteroatoms. The molecule has 160 valence electrons. The zero-order valence-electron chi connectivity index (χ0n) is 18.3. The molecule has 2 aromatic carbocycles. The second-order valence-corrected chi connectivity index (χ2v) is 8.39. The van der Waals surface area contributed by atoms with E-state index in [1.807, 2.05) is 34.0 Å². The molecule has 0 unspecified atom stereocenters. The summed E-state index contributed by atoms with van der Waals surface area (Å²) in [5.74, 6) is -0.865. The lowest BCUT2D eigenvalue weighted by atomic mass is 10.0. The molecular formula is C24H32N4O2. The third kappa shape index (κ3) is 5.12. The number of amides is 2. The highest BCUT2D eigenvalue weighted by Crippen LogP contribution is 2.35. The van der Waals surface area contributed by atoms with Crippen LogP contribution in [0.2, 0.25) is 0 Å². The Morgan fingerprint density at radius 1 is 0.967 bits per heavy atom. The van der Waals surface area contributed by atoms with Crippen molar-refractivity contribution in [2.45, 2.75) is 26.3 Å². The van der Waals surface area contributed by atoms with E-state index in [0.29, 0.717) is 19.0 Å². The van der Waals surface area contributed by atoms with Crippen LogP contribution in [0.25, 0.3) is 0 Å². The van der Waals surface area contributed by atoms with Gasteiger partial charge in [-0.05, 0) is 41.7 Å². The molecule has 2 amide bonds. The Morgan fingerprint density at radius 2 is 1.60 bits per heavy atom. The van der Waals surface area contributed by atoms with Gasteiger partial charge < -0.3 is 20.4 Å². The minimum Gasteiger partial charge on any atom is -0.378 e. The Balaban J connectivity index is 1.78. The van der Waals surface area contributed by atoms with Crippen molar-refractivity contribution in [3.63, 3.8) is 0 Å². The summed E-state index contributed by atoms with van der Waals surface area (Å²) < 4.78 is 0. The van der Waals surface area contributed by atoms with Crippen molar-refractivity contribution < 1.29 is 9.59 Å². The SMILES string of the molecule is CC(C)CNC(=O)C(=O)NC[C@H](c1ccc(N(C)C)cc1)N1CCc2ccccc21. The van der Waals surface area contributed by atoms with Crippen LogP contribution in [-0.4, -0.2) is 45.5 Å². The van der Waals surface area contributed by atoms with Crippen LogP contribution in [0.15, 0.2) is 48.5 Å². The highest BCUT2D eigenvalue weighted by Gasteiger charge is 2.28. The highest BCUT2D eigenvalue weighted by molar-refractivity contribution is 6.35. The quantitative estimate of drug-likeness (QED) is 0.692. The summed E-state index contributed by atoms with van der Waals surface area (Å²) in [7, 11) is 4.03. The molecule has 0 saturated heterocycles. The van der Waals surface area contributed by atoms with Gasteiger partial charge in [-0.3, -0.25) is 9.59 Å². The van der Waals surface area contributed by atoms with Crippen molar-refractivity contribution in [2.75, 3.05) is 43.5 Å². The largest absolute Gasteiger partial charge is 0.378 e. The normalized spacial score (nSPS) is 13.7.